The number of aryl methyl sites for hydroxylation is 1. The Morgan fingerprint density at radius 3 is 2.69 bits per heavy atom. The molecule has 1 atom stereocenters. The highest BCUT2D eigenvalue weighted by Crippen LogP contribution is 2.35. The number of likely N-dealkylation sites (tertiary alicyclic amines) is 1. The van der Waals surface area contributed by atoms with Crippen molar-refractivity contribution in [3.63, 3.8) is 0 Å². The van der Waals surface area contributed by atoms with Gasteiger partial charge in [0.25, 0.3) is 5.91 Å². The van der Waals surface area contributed by atoms with Crippen molar-refractivity contribution < 1.29 is 23.5 Å². The van der Waals surface area contributed by atoms with E-state index in [1.54, 1.807) is 26.8 Å². The summed E-state index contributed by atoms with van der Waals surface area (Å²) in [6, 6.07) is 3.51. The van der Waals surface area contributed by atoms with Gasteiger partial charge in [0.15, 0.2) is 0 Å². The second kappa shape index (κ2) is 9.20. The van der Waals surface area contributed by atoms with E-state index in [0.29, 0.717) is 46.9 Å². The average Bonchev–Trinajstić information content (AvgIpc) is 3.22. The molecule has 1 saturated heterocycles. The van der Waals surface area contributed by atoms with Crippen molar-refractivity contribution in [1.29, 1.82) is 0 Å². The van der Waals surface area contributed by atoms with Crippen molar-refractivity contribution in [3.05, 3.63) is 46.5 Å². The van der Waals surface area contributed by atoms with E-state index < -0.39 is 23.6 Å². The zero-order chi connectivity index (χ0) is 25.5. The fourth-order valence-corrected chi connectivity index (χ4v) is 4.50. The number of ether oxygens (including phenoxy) is 1. The number of fused-ring (bicyclic) bond motifs is 1. The number of amides is 3. The van der Waals surface area contributed by atoms with Crippen LogP contribution < -0.4 is 10.6 Å². The maximum absolute atomic E-state index is 13.8. The Morgan fingerprint density at radius 2 is 1.97 bits per heavy atom. The fourth-order valence-electron chi connectivity index (χ4n) is 4.50. The Hall–Kier alpha value is -3.62. The number of carbonyl (C=O) groups excluding carboxylic acids is 3. The van der Waals surface area contributed by atoms with Gasteiger partial charge in [-0.15, -0.1) is 0 Å². The second-order valence-electron chi connectivity index (χ2n) is 10.0. The number of hydrogen-bond acceptors (Lipinski definition) is 4. The number of H-pyrrole nitrogens is 1. The summed E-state index contributed by atoms with van der Waals surface area (Å²) in [5.41, 5.74) is 3.40. The Kier molecular flexibility index (Phi) is 6.44. The van der Waals surface area contributed by atoms with Crippen molar-refractivity contribution in [3.8, 4) is 0 Å². The number of piperidine rings is 1. The number of halogens is 1. The predicted octanol–water partition coefficient (Wildman–Crippen LogP) is 4.99. The van der Waals surface area contributed by atoms with E-state index in [0.717, 1.165) is 18.4 Å². The molecule has 4 rings (SSSR count). The lowest BCUT2D eigenvalue weighted by Gasteiger charge is -2.35. The van der Waals surface area contributed by atoms with Crippen LogP contribution in [0.4, 0.5) is 20.6 Å². The van der Waals surface area contributed by atoms with E-state index in [4.69, 9.17) is 4.74 Å². The highest BCUT2D eigenvalue weighted by Gasteiger charge is 2.35. The van der Waals surface area contributed by atoms with E-state index in [2.05, 4.69) is 15.6 Å². The third kappa shape index (κ3) is 5.08. The molecule has 3 N–H and O–H groups in total. The molecular formula is C26H31FN4O4. The molecule has 3 amide bonds. The third-order valence-electron chi connectivity index (χ3n) is 6.21. The van der Waals surface area contributed by atoms with Crippen LogP contribution in [0.25, 0.3) is 11.6 Å². The lowest BCUT2D eigenvalue weighted by atomic mass is 10.0. The van der Waals surface area contributed by atoms with Crippen molar-refractivity contribution >= 4 is 40.9 Å². The monoisotopic (exact) mass is 482 g/mol. The van der Waals surface area contributed by atoms with Gasteiger partial charge in [-0.2, -0.15) is 0 Å². The maximum Gasteiger partial charge on any atom is 0.410 e. The molecule has 2 aliphatic heterocycles. The number of carbonyl (C=O) groups is 3. The molecule has 1 aromatic carbocycles. The third-order valence-corrected chi connectivity index (χ3v) is 6.21. The van der Waals surface area contributed by atoms with Crippen LogP contribution in [0, 0.1) is 19.7 Å². The summed E-state index contributed by atoms with van der Waals surface area (Å²) in [7, 11) is 0. The van der Waals surface area contributed by atoms with Crippen LogP contribution in [0.15, 0.2) is 18.2 Å². The summed E-state index contributed by atoms with van der Waals surface area (Å²) in [5.74, 6) is -1.04. The van der Waals surface area contributed by atoms with Gasteiger partial charge in [0.05, 0.1) is 11.3 Å². The van der Waals surface area contributed by atoms with Crippen LogP contribution >= 0.6 is 0 Å². The van der Waals surface area contributed by atoms with Gasteiger partial charge in [0.2, 0.25) is 5.91 Å². The lowest BCUT2D eigenvalue weighted by Crippen LogP contribution is -2.51. The fraction of sp³-hybridized carbons (Fsp3) is 0.423. The molecule has 2 aliphatic rings. The molecule has 3 heterocycles. The van der Waals surface area contributed by atoms with Crippen LogP contribution in [0.3, 0.4) is 0 Å². The quantitative estimate of drug-likeness (QED) is 0.536. The van der Waals surface area contributed by atoms with Crippen molar-refractivity contribution in [2.45, 2.75) is 65.5 Å². The van der Waals surface area contributed by atoms with Gasteiger partial charge in [0, 0.05) is 29.2 Å². The zero-order valence-electron chi connectivity index (χ0n) is 20.7. The molecule has 1 aromatic heterocycles. The predicted molar refractivity (Wildman–Crippen MR) is 132 cm³/mol. The summed E-state index contributed by atoms with van der Waals surface area (Å²) < 4.78 is 19.3. The first kappa shape index (κ1) is 24.5. The minimum absolute atomic E-state index is 0.286. The highest BCUT2D eigenvalue weighted by atomic mass is 19.1. The van der Waals surface area contributed by atoms with Gasteiger partial charge in [0.1, 0.15) is 17.5 Å². The summed E-state index contributed by atoms with van der Waals surface area (Å²) in [5, 5.41) is 5.71. The Balaban J connectivity index is 1.58. The Bertz CT molecular complexity index is 1220. The minimum Gasteiger partial charge on any atom is -0.444 e. The molecule has 2 aromatic rings. The number of aromatic nitrogens is 1. The van der Waals surface area contributed by atoms with Crippen LogP contribution in [-0.4, -0.2) is 46.0 Å². The molecule has 35 heavy (non-hydrogen) atoms. The standard InChI is InChI=1S/C26H31FN4O4/c1-14-20(13-18-17-12-16(27)9-10-19(17)29-23(18)32)28-15(2)22(14)30-24(33)21-8-6-7-11-31(21)25(34)35-26(3,4)5/h9-10,12-13,21,28H,6-8,11H2,1-5H3,(H,29,32)(H,30,33)/b18-13-. The molecular weight excluding hydrogens is 451 g/mol. The van der Waals surface area contributed by atoms with Gasteiger partial charge in [-0.25, -0.2) is 9.18 Å². The highest BCUT2D eigenvalue weighted by molar-refractivity contribution is 6.34. The summed E-state index contributed by atoms with van der Waals surface area (Å²) in [4.78, 5) is 43.2. The number of benzene rings is 1. The van der Waals surface area contributed by atoms with Gasteiger partial charge in [-0.1, -0.05) is 0 Å². The zero-order valence-corrected chi connectivity index (χ0v) is 20.7. The Labute approximate surface area is 203 Å². The maximum atomic E-state index is 13.8. The number of anilines is 2. The average molecular weight is 483 g/mol. The molecule has 0 bridgehead atoms. The molecule has 186 valence electrons. The SMILES string of the molecule is Cc1[nH]c(/C=C2\C(=O)Nc3ccc(F)cc32)c(C)c1NC(=O)C1CCCCN1C(=O)OC(C)(C)C. The van der Waals surface area contributed by atoms with E-state index in [9.17, 15) is 18.8 Å². The smallest absolute Gasteiger partial charge is 0.410 e. The molecule has 0 radical (unpaired) electrons. The van der Waals surface area contributed by atoms with Crippen molar-refractivity contribution in [2.75, 3.05) is 17.2 Å². The normalized spacial score (nSPS) is 18.9. The van der Waals surface area contributed by atoms with Gasteiger partial charge < -0.3 is 20.4 Å². The minimum atomic E-state index is -0.653. The Morgan fingerprint density at radius 1 is 1.23 bits per heavy atom. The molecule has 9 heteroatoms. The number of hydrogen-bond donors (Lipinski definition) is 3. The van der Waals surface area contributed by atoms with Gasteiger partial charge in [-0.05, 0) is 83.7 Å². The van der Waals surface area contributed by atoms with Crippen molar-refractivity contribution in [1.82, 2.24) is 9.88 Å². The van der Waals surface area contributed by atoms with Crippen LogP contribution in [0.5, 0.6) is 0 Å². The first-order valence-electron chi connectivity index (χ1n) is 11.8. The molecule has 1 unspecified atom stereocenters. The number of nitrogens with one attached hydrogen (secondary N) is 3. The van der Waals surface area contributed by atoms with Gasteiger partial charge in [-0.3, -0.25) is 14.5 Å². The molecule has 0 saturated carbocycles. The van der Waals surface area contributed by atoms with E-state index in [1.165, 1.54) is 23.1 Å². The molecule has 1 fully saturated rings. The molecule has 8 nitrogen and oxygen atoms in total. The summed E-state index contributed by atoms with van der Waals surface area (Å²) >= 11 is 0. The second-order valence-corrected chi connectivity index (χ2v) is 10.0. The number of rotatable bonds is 3. The largest absolute Gasteiger partial charge is 0.444 e. The number of nitrogens with zero attached hydrogens (tertiary/aromatic N) is 1. The molecule has 0 spiro atoms. The lowest BCUT2D eigenvalue weighted by molar-refractivity contribution is -0.122. The summed E-state index contributed by atoms with van der Waals surface area (Å²) in [6.45, 7) is 9.50. The summed E-state index contributed by atoms with van der Waals surface area (Å²) in [6.07, 6.45) is 3.36. The first-order valence-corrected chi connectivity index (χ1v) is 11.8. The van der Waals surface area contributed by atoms with Crippen molar-refractivity contribution in [2.24, 2.45) is 0 Å². The van der Waals surface area contributed by atoms with E-state index in [-0.39, 0.29) is 11.8 Å². The van der Waals surface area contributed by atoms with Crippen LogP contribution in [-0.2, 0) is 14.3 Å². The van der Waals surface area contributed by atoms with Crippen LogP contribution in [0.1, 0.15) is 62.5 Å². The first-order chi connectivity index (χ1) is 16.4. The van der Waals surface area contributed by atoms with E-state index in [1.807, 2.05) is 13.8 Å². The number of aromatic amines is 1. The van der Waals surface area contributed by atoms with Crippen LogP contribution in [0.2, 0.25) is 0 Å². The van der Waals surface area contributed by atoms with E-state index >= 15 is 0 Å². The molecule has 0 aliphatic carbocycles. The van der Waals surface area contributed by atoms with Gasteiger partial charge >= 0.3 is 6.09 Å². The topological polar surface area (TPSA) is 104 Å².